The Kier molecular flexibility index (Phi) is 22.0. The second-order valence-electron chi connectivity index (χ2n) is 12.0. The number of carbonyl (C=O) groups is 2. The molecule has 0 spiro atoms. The number of aromatic carboxylic acids is 2. The first kappa shape index (κ1) is 41.9. The lowest BCUT2D eigenvalue weighted by Crippen LogP contribution is -2.24. The van der Waals surface area contributed by atoms with Crippen LogP contribution in [0.2, 0.25) is 0 Å². The van der Waals surface area contributed by atoms with Gasteiger partial charge in [-0.3, -0.25) is 0 Å². The molecule has 2 N–H and O–H groups in total. The molecule has 0 heterocycles. The zero-order chi connectivity index (χ0) is 34.5. The lowest BCUT2D eigenvalue weighted by Gasteiger charge is -2.26. The third kappa shape index (κ3) is 15.7. The molecule has 6 unspecified atom stereocenters. The number of hydrogen-bond donors (Lipinski definition) is 2. The van der Waals surface area contributed by atoms with E-state index in [1.54, 1.807) is 27.7 Å². The van der Waals surface area contributed by atoms with Crippen molar-refractivity contribution in [3.05, 3.63) is 34.4 Å². The highest BCUT2D eigenvalue weighted by Crippen LogP contribution is 2.34. The molecule has 10 nitrogen and oxygen atoms in total. The SMILES string of the molecule is CCCCC(CC)COCCOC(C)OC(C)c1ccc(C(=O)O)c(C(C)OC(C)OCCOCC(CC)CCCC)c1C(=O)O. The second kappa shape index (κ2) is 24.1. The summed E-state index contributed by atoms with van der Waals surface area (Å²) in [6.07, 6.45) is 6.19. The maximum Gasteiger partial charge on any atom is 0.336 e. The number of ether oxygens (including phenoxy) is 6. The summed E-state index contributed by atoms with van der Waals surface area (Å²) in [5.74, 6) is -1.45. The monoisotopic (exact) mass is 654 g/mol. The molecule has 46 heavy (non-hydrogen) atoms. The average Bonchev–Trinajstić information content (AvgIpc) is 3.02. The fourth-order valence-corrected chi connectivity index (χ4v) is 5.46. The highest BCUT2D eigenvalue weighted by Gasteiger charge is 2.30. The van der Waals surface area contributed by atoms with Crippen molar-refractivity contribution in [2.24, 2.45) is 11.8 Å². The first-order valence-corrected chi connectivity index (χ1v) is 17.3. The summed E-state index contributed by atoms with van der Waals surface area (Å²) in [6.45, 7) is 18.3. The average molecular weight is 655 g/mol. The van der Waals surface area contributed by atoms with Gasteiger partial charge in [0.25, 0.3) is 0 Å². The number of unbranched alkanes of at least 4 members (excludes halogenated alkanes) is 2. The van der Waals surface area contributed by atoms with E-state index in [0.29, 0.717) is 57.0 Å². The van der Waals surface area contributed by atoms with Crippen LogP contribution in [0.25, 0.3) is 0 Å². The molecule has 0 amide bonds. The fraction of sp³-hybridized carbons (Fsp3) is 0.778. The van der Waals surface area contributed by atoms with Crippen LogP contribution in [-0.4, -0.2) is 74.4 Å². The minimum absolute atomic E-state index is 0.0527. The molecule has 0 aromatic heterocycles. The van der Waals surface area contributed by atoms with Gasteiger partial charge in [0, 0.05) is 18.8 Å². The van der Waals surface area contributed by atoms with E-state index in [2.05, 4.69) is 27.7 Å². The molecule has 266 valence electrons. The van der Waals surface area contributed by atoms with Crippen LogP contribution in [0.4, 0.5) is 0 Å². The molecule has 0 aliphatic rings. The second-order valence-corrected chi connectivity index (χ2v) is 12.0. The Morgan fingerprint density at radius 2 is 1.15 bits per heavy atom. The summed E-state index contributed by atoms with van der Waals surface area (Å²) < 4.78 is 35.1. The number of carboxylic acid groups (broad SMARTS) is 2. The lowest BCUT2D eigenvalue weighted by molar-refractivity contribution is -0.166. The molecule has 0 aliphatic carbocycles. The summed E-state index contributed by atoms with van der Waals surface area (Å²) in [5.41, 5.74) is 0.0601. The van der Waals surface area contributed by atoms with E-state index in [-0.39, 0.29) is 16.7 Å². The summed E-state index contributed by atoms with van der Waals surface area (Å²) in [5, 5.41) is 20.2. The molecular weight excluding hydrogens is 592 g/mol. The van der Waals surface area contributed by atoms with Crippen molar-refractivity contribution in [3.8, 4) is 0 Å². The van der Waals surface area contributed by atoms with Crippen molar-refractivity contribution in [1.29, 1.82) is 0 Å². The maximum atomic E-state index is 12.6. The van der Waals surface area contributed by atoms with Gasteiger partial charge in [-0.2, -0.15) is 0 Å². The summed E-state index contributed by atoms with van der Waals surface area (Å²) in [6, 6.07) is 2.87. The zero-order valence-electron chi connectivity index (χ0n) is 29.7. The van der Waals surface area contributed by atoms with Gasteiger partial charge in [-0.1, -0.05) is 72.3 Å². The van der Waals surface area contributed by atoms with Crippen molar-refractivity contribution in [2.45, 2.75) is 132 Å². The van der Waals surface area contributed by atoms with Crippen LogP contribution in [0.3, 0.4) is 0 Å². The van der Waals surface area contributed by atoms with Crippen LogP contribution < -0.4 is 0 Å². The Balaban J connectivity index is 2.83. The van der Waals surface area contributed by atoms with Crippen LogP contribution in [0, 0.1) is 11.8 Å². The highest BCUT2D eigenvalue weighted by molar-refractivity contribution is 5.98. The van der Waals surface area contributed by atoms with Crippen molar-refractivity contribution >= 4 is 11.9 Å². The molecule has 0 saturated carbocycles. The van der Waals surface area contributed by atoms with Crippen molar-refractivity contribution in [2.75, 3.05) is 39.6 Å². The van der Waals surface area contributed by atoms with E-state index in [1.165, 1.54) is 31.4 Å². The van der Waals surface area contributed by atoms with Crippen LogP contribution in [0.15, 0.2) is 12.1 Å². The van der Waals surface area contributed by atoms with Crippen molar-refractivity contribution < 1.29 is 48.2 Å². The van der Waals surface area contributed by atoms with Gasteiger partial charge in [-0.15, -0.1) is 0 Å². The molecule has 1 rings (SSSR count). The molecule has 0 saturated heterocycles. The standard InChI is InChI=1S/C36H62O10/c1-9-13-15-29(11-3)23-41-19-21-43-27(7)45-25(5)31-17-18-32(35(37)38)33(34(31)36(39)40)26(6)46-28(8)44-22-20-42-24-30(12-4)16-14-10-2/h17-18,25-30H,9-16,19-24H2,1-8H3,(H,37,38)(H,39,40). The van der Waals surface area contributed by atoms with Crippen LogP contribution in [0.1, 0.15) is 151 Å². The molecule has 1 aromatic rings. The van der Waals surface area contributed by atoms with Crippen LogP contribution >= 0.6 is 0 Å². The Bertz CT molecular complexity index is 984. The Labute approximate surface area is 277 Å². The quantitative estimate of drug-likeness (QED) is 0.0671. The Hall–Kier alpha value is -2.08. The molecule has 0 bridgehead atoms. The normalized spacial score (nSPS) is 15.7. The first-order chi connectivity index (χ1) is 22.0. The van der Waals surface area contributed by atoms with Crippen LogP contribution in [-0.2, 0) is 28.4 Å². The van der Waals surface area contributed by atoms with E-state index in [1.807, 2.05) is 0 Å². The fourth-order valence-electron chi connectivity index (χ4n) is 5.46. The summed E-state index contributed by atoms with van der Waals surface area (Å²) >= 11 is 0. The van der Waals surface area contributed by atoms with E-state index < -0.39 is 36.7 Å². The molecule has 0 radical (unpaired) electrons. The molecule has 0 fully saturated rings. The van der Waals surface area contributed by atoms with Gasteiger partial charge < -0.3 is 38.6 Å². The smallest absolute Gasteiger partial charge is 0.336 e. The van der Waals surface area contributed by atoms with E-state index in [4.69, 9.17) is 28.4 Å². The molecule has 1 aromatic carbocycles. The van der Waals surface area contributed by atoms with Crippen molar-refractivity contribution in [1.82, 2.24) is 0 Å². The number of carboxylic acids is 2. The van der Waals surface area contributed by atoms with Gasteiger partial charge in [-0.25, -0.2) is 9.59 Å². The van der Waals surface area contributed by atoms with Gasteiger partial charge in [-0.05, 0) is 64.0 Å². The summed E-state index contributed by atoms with van der Waals surface area (Å²) in [4.78, 5) is 24.7. The largest absolute Gasteiger partial charge is 0.478 e. The topological polar surface area (TPSA) is 130 Å². The molecule has 10 heteroatoms. The zero-order valence-corrected chi connectivity index (χ0v) is 29.7. The van der Waals surface area contributed by atoms with E-state index in [9.17, 15) is 19.8 Å². The minimum atomic E-state index is -1.27. The van der Waals surface area contributed by atoms with E-state index in [0.717, 1.165) is 32.1 Å². The van der Waals surface area contributed by atoms with Crippen molar-refractivity contribution in [3.63, 3.8) is 0 Å². The van der Waals surface area contributed by atoms with Crippen LogP contribution in [0.5, 0.6) is 0 Å². The van der Waals surface area contributed by atoms with Gasteiger partial charge in [0.15, 0.2) is 12.6 Å². The molecule has 6 atom stereocenters. The number of rotatable bonds is 28. The van der Waals surface area contributed by atoms with Gasteiger partial charge >= 0.3 is 11.9 Å². The predicted octanol–water partition coefficient (Wildman–Crippen LogP) is 8.43. The van der Waals surface area contributed by atoms with E-state index >= 15 is 0 Å². The van der Waals surface area contributed by atoms with Gasteiger partial charge in [0.1, 0.15) is 0 Å². The van der Waals surface area contributed by atoms with Gasteiger partial charge in [0.2, 0.25) is 0 Å². The maximum absolute atomic E-state index is 12.6. The third-order valence-corrected chi connectivity index (χ3v) is 8.31. The third-order valence-electron chi connectivity index (χ3n) is 8.31. The minimum Gasteiger partial charge on any atom is -0.478 e. The molecule has 0 aliphatic heterocycles. The lowest BCUT2D eigenvalue weighted by atomic mass is 9.90. The number of benzene rings is 1. The first-order valence-electron chi connectivity index (χ1n) is 17.3. The highest BCUT2D eigenvalue weighted by atomic mass is 16.7. The molecular formula is C36H62O10. The summed E-state index contributed by atoms with van der Waals surface area (Å²) in [7, 11) is 0. The predicted molar refractivity (Wildman–Crippen MR) is 178 cm³/mol. The van der Waals surface area contributed by atoms with Gasteiger partial charge in [0.05, 0.1) is 49.8 Å². The Morgan fingerprint density at radius 1 is 0.674 bits per heavy atom. The Morgan fingerprint density at radius 3 is 1.57 bits per heavy atom. The number of hydrogen-bond acceptors (Lipinski definition) is 8.